The first-order valence-corrected chi connectivity index (χ1v) is 8.63. The highest BCUT2D eigenvalue weighted by Gasteiger charge is 2.14. The van der Waals surface area contributed by atoms with Crippen LogP contribution in [0.1, 0.15) is 0 Å². The molecule has 0 fully saturated rings. The van der Waals surface area contributed by atoms with Crippen molar-refractivity contribution in [2.24, 2.45) is 0 Å². The Kier molecular flexibility index (Phi) is 3.57. The summed E-state index contributed by atoms with van der Waals surface area (Å²) >= 11 is 0. The first-order chi connectivity index (χ1) is 13.3. The number of nitrogens with one attached hydrogen (secondary N) is 2. The molecular formula is C22H15FN4. The molecule has 0 aliphatic heterocycles. The molecule has 5 heteroatoms. The maximum absolute atomic E-state index is 13.5. The van der Waals surface area contributed by atoms with Gasteiger partial charge >= 0.3 is 0 Å². The van der Waals surface area contributed by atoms with Crippen LogP contribution in [-0.2, 0) is 0 Å². The molecule has 0 unspecified atom stereocenters. The maximum Gasteiger partial charge on any atom is 0.139 e. The van der Waals surface area contributed by atoms with E-state index >= 15 is 0 Å². The number of halogens is 1. The van der Waals surface area contributed by atoms with E-state index in [0.29, 0.717) is 11.3 Å². The van der Waals surface area contributed by atoms with Gasteiger partial charge in [0.25, 0.3) is 0 Å². The van der Waals surface area contributed by atoms with Crippen molar-refractivity contribution in [3.05, 3.63) is 84.8 Å². The molecular weight excluding hydrogens is 339 g/mol. The summed E-state index contributed by atoms with van der Waals surface area (Å²) in [6, 6.07) is 22.5. The first kappa shape index (κ1) is 15.5. The van der Waals surface area contributed by atoms with Crippen LogP contribution in [0.5, 0.6) is 0 Å². The second kappa shape index (κ2) is 6.21. The van der Waals surface area contributed by atoms with E-state index in [1.165, 1.54) is 12.1 Å². The van der Waals surface area contributed by atoms with Gasteiger partial charge in [-0.05, 0) is 23.8 Å². The average Bonchev–Trinajstić information content (AvgIpc) is 3.35. The third-order valence-electron chi connectivity index (χ3n) is 4.54. The highest BCUT2D eigenvalue weighted by atomic mass is 19.1. The average molecular weight is 354 g/mol. The SMILES string of the molecule is Fc1ccc2nc(-c3ccccc3-c3ncc(-c4ccccc4)[nH]3)[nH]c2c1. The van der Waals surface area contributed by atoms with Crippen LogP contribution >= 0.6 is 0 Å². The second-order valence-corrected chi connectivity index (χ2v) is 6.30. The van der Waals surface area contributed by atoms with Crippen molar-refractivity contribution in [2.45, 2.75) is 0 Å². The quantitative estimate of drug-likeness (QED) is 0.454. The Morgan fingerprint density at radius 1 is 0.741 bits per heavy atom. The van der Waals surface area contributed by atoms with Crippen molar-refractivity contribution >= 4 is 11.0 Å². The van der Waals surface area contributed by atoms with Gasteiger partial charge in [-0.15, -0.1) is 0 Å². The molecule has 5 rings (SSSR count). The molecule has 0 atom stereocenters. The number of rotatable bonds is 3. The van der Waals surface area contributed by atoms with E-state index < -0.39 is 0 Å². The number of aromatic amines is 2. The summed E-state index contributed by atoms with van der Waals surface area (Å²) < 4.78 is 13.5. The number of nitrogens with zero attached hydrogens (tertiary/aromatic N) is 2. The molecule has 0 saturated carbocycles. The molecule has 0 radical (unpaired) electrons. The number of imidazole rings is 2. The fourth-order valence-electron chi connectivity index (χ4n) is 3.23. The molecule has 0 saturated heterocycles. The van der Waals surface area contributed by atoms with Crippen molar-refractivity contribution in [2.75, 3.05) is 0 Å². The Balaban J connectivity index is 1.61. The standard InChI is InChI=1S/C22H15FN4/c23-15-10-11-18-19(12-15)26-22(25-18)17-9-5-4-8-16(17)21-24-13-20(27-21)14-6-2-1-3-7-14/h1-13H,(H,24,27)(H,25,26). The number of aromatic nitrogens is 4. The van der Waals surface area contributed by atoms with Gasteiger partial charge in [0.05, 0.1) is 22.9 Å². The Bertz CT molecular complexity index is 1240. The van der Waals surface area contributed by atoms with Gasteiger partial charge in [-0.25, -0.2) is 14.4 Å². The smallest absolute Gasteiger partial charge is 0.139 e. The molecule has 0 bridgehead atoms. The Hall–Kier alpha value is -3.73. The van der Waals surface area contributed by atoms with Crippen molar-refractivity contribution in [1.82, 2.24) is 19.9 Å². The van der Waals surface area contributed by atoms with Gasteiger partial charge < -0.3 is 9.97 Å². The zero-order chi connectivity index (χ0) is 18.2. The largest absolute Gasteiger partial charge is 0.338 e. The third kappa shape index (κ3) is 2.79. The van der Waals surface area contributed by atoms with Gasteiger partial charge in [0.2, 0.25) is 0 Å². The Morgan fingerprint density at radius 3 is 2.30 bits per heavy atom. The second-order valence-electron chi connectivity index (χ2n) is 6.30. The summed E-state index contributed by atoms with van der Waals surface area (Å²) in [7, 11) is 0. The molecule has 27 heavy (non-hydrogen) atoms. The highest BCUT2D eigenvalue weighted by Crippen LogP contribution is 2.31. The van der Waals surface area contributed by atoms with Crippen molar-refractivity contribution in [1.29, 1.82) is 0 Å². The van der Waals surface area contributed by atoms with Gasteiger partial charge in [-0.1, -0.05) is 54.6 Å². The topological polar surface area (TPSA) is 57.4 Å². The maximum atomic E-state index is 13.5. The van der Waals surface area contributed by atoms with E-state index in [0.717, 1.165) is 33.7 Å². The summed E-state index contributed by atoms with van der Waals surface area (Å²) in [5.74, 6) is 1.16. The fourth-order valence-corrected chi connectivity index (χ4v) is 3.23. The Labute approximate surface area is 154 Å². The zero-order valence-electron chi connectivity index (χ0n) is 14.3. The van der Waals surface area contributed by atoms with Crippen molar-refractivity contribution < 1.29 is 4.39 Å². The number of fused-ring (bicyclic) bond motifs is 1. The van der Waals surface area contributed by atoms with Crippen LogP contribution in [0, 0.1) is 5.82 Å². The lowest BCUT2D eigenvalue weighted by Crippen LogP contribution is -1.88. The normalized spacial score (nSPS) is 11.1. The van der Waals surface area contributed by atoms with Gasteiger partial charge in [0.1, 0.15) is 17.5 Å². The van der Waals surface area contributed by atoms with Crippen LogP contribution in [0.3, 0.4) is 0 Å². The number of H-pyrrole nitrogens is 2. The molecule has 0 aliphatic carbocycles. The molecule has 4 nitrogen and oxygen atoms in total. The number of hydrogen-bond donors (Lipinski definition) is 2. The predicted octanol–water partition coefficient (Wildman–Crippen LogP) is 5.43. The van der Waals surface area contributed by atoms with Crippen LogP contribution in [0.2, 0.25) is 0 Å². The zero-order valence-corrected chi connectivity index (χ0v) is 14.3. The number of hydrogen-bond acceptors (Lipinski definition) is 2. The fraction of sp³-hybridized carbons (Fsp3) is 0. The van der Waals surface area contributed by atoms with Crippen LogP contribution in [0.25, 0.3) is 45.1 Å². The summed E-state index contributed by atoms with van der Waals surface area (Å²) in [5, 5.41) is 0. The monoisotopic (exact) mass is 354 g/mol. The van der Waals surface area contributed by atoms with Gasteiger partial charge in [0, 0.05) is 11.1 Å². The molecule has 0 amide bonds. The first-order valence-electron chi connectivity index (χ1n) is 8.63. The molecule has 2 aromatic heterocycles. The third-order valence-corrected chi connectivity index (χ3v) is 4.54. The van der Waals surface area contributed by atoms with Gasteiger partial charge in [-0.2, -0.15) is 0 Å². The highest BCUT2D eigenvalue weighted by molar-refractivity contribution is 5.84. The lowest BCUT2D eigenvalue weighted by molar-refractivity contribution is 0.629. The lowest BCUT2D eigenvalue weighted by Gasteiger charge is -2.04. The van der Waals surface area contributed by atoms with Crippen molar-refractivity contribution in [3.63, 3.8) is 0 Å². The minimum absolute atomic E-state index is 0.287. The summed E-state index contributed by atoms with van der Waals surface area (Å²) in [5.41, 5.74) is 5.26. The molecule has 5 aromatic rings. The van der Waals surface area contributed by atoms with E-state index in [4.69, 9.17) is 0 Å². The molecule has 2 N–H and O–H groups in total. The van der Waals surface area contributed by atoms with E-state index in [2.05, 4.69) is 19.9 Å². The summed E-state index contributed by atoms with van der Waals surface area (Å²) in [6.45, 7) is 0. The molecule has 2 heterocycles. The van der Waals surface area contributed by atoms with Crippen LogP contribution < -0.4 is 0 Å². The van der Waals surface area contributed by atoms with Crippen LogP contribution in [0.15, 0.2) is 79.0 Å². The van der Waals surface area contributed by atoms with Gasteiger partial charge in [-0.3, -0.25) is 0 Å². The van der Waals surface area contributed by atoms with E-state index in [1.807, 2.05) is 60.8 Å². The molecule has 130 valence electrons. The molecule has 0 spiro atoms. The van der Waals surface area contributed by atoms with Crippen LogP contribution in [0.4, 0.5) is 4.39 Å². The molecule has 3 aromatic carbocycles. The predicted molar refractivity (Wildman–Crippen MR) is 105 cm³/mol. The molecule has 0 aliphatic rings. The number of benzene rings is 3. The van der Waals surface area contributed by atoms with E-state index in [9.17, 15) is 4.39 Å². The summed E-state index contributed by atoms with van der Waals surface area (Å²) in [6.07, 6.45) is 1.83. The summed E-state index contributed by atoms with van der Waals surface area (Å²) in [4.78, 5) is 15.8. The van der Waals surface area contributed by atoms with Gasteiger partial charge in [0.15, 0.2) is 0 Å². The minimum Gasteiger partial charge on any atom is -0.338 e. The minimum atomic E-state index is -0.287. The Morgan fingerprint density at radius 2 is 1.48 bits per heavy atom. The van der Waals surface area contributed by atoms with Crippen LogP contribution in [-0.4, -0.2) is 19.9 Å². The van der Waals surface area contributed by atoms with E-state index in [1.54, 1.807) is 6.07 Å². The lowest BCUT2D eigenvalue weighted by atomic mass is 10.1. The van der Waals surface area contributed by atoms with E-state index in [-0.39, 0.29) is 5.82 Å². The van der Waals surface area contributed by atoms with Crippen molar-refractivity contribution in [3.8, 4) is 34.0 Å².